The van der Waals surface area contributed by atoms with E-state index in [1.165, 1.54) is 30.7 Å². The number of alkyl halides is 2. The Hall–Kier alpha value is -2.96. The number of anilines is 1. The number of carbonyl (C=O) groups excluding carboxylic acids is 1. The second-order valence-corrected chi connectivity index (χ2v) is 12.9. The number of aromatic nitrogens is 3. The van der Waals surface area contributed by atoms with Crippen LogP contribution in [0.2, 0.25) is 0 Å². The first kappa shape index (κ1) is 31.0. The number of nitrogens with zero attached hydrogens (tertiary/aromatic N) is 2. The highest BCUT2D eigenvalue weighted by molar-refractivity contribution is 7.54. The van der Waals surface area contributed by atoms with Crippen molar-refractivity contribution in [1.82, 2.24) is 14.5 Å². The number of esters is 1. The number of para-hydroxylation sites is 1. The lowest BCUT2D eigenvalue weighted by molar-refractivity contribution is -0.151. The summed E-state index contributed by atoms with van der Waals surface area (Å²) in [4.78, 5) is 29.3. The van der Waals surface area contributed by atoms with Crippen LogP contribution in [0.25, 0.3) is 11.0 Å². The molecule has 1 fully saturated rings. The van der Waals surface area contributed by atoms with Crippen molar-refractivity contribution >= 4 is 42.1 Å². The van der Waals surface area contributed by atoms with Crippen LogP contribution < -0.4 is 15.8 Å². The highest BCUT2D eigenvalue weighted by atomic mass is 35.5. The van der Waals surface area contributed by atoms with Gasteiger partial charge in [0.1, 0.15) is 29.5 Å². The Kier molecular flexibility index (Phi) is 9.15. The van der Waals surface area contributed by atoms with Crippen molar-refractivity contribution in [2.75, 3.05) is 18.6 Å². The average molecular weight is 615 g/mol. The number of H-pyrrole nitrogens is 1. The molecular weight excluding hydrogens is 582 g/mol. The van der Waals surface area contributed by atoms with E-state index in [-0.39, 0.29) is 35.0 Å². The van der Waals surface area contributed by atoms with Crippen molar-refractivity contribution in [3.8, 4) is 5.75 Å². The van der Waals surface area contributed by atoms with Gasteiger partial charge in [0.25, 0.3) is 5.56 Å². The van der Waals surface area contributed by atoms with Gasteiger partial charge in [0, 0.05) is 6.20 Å². The summed E-state index contributed by atoms with van der Waals surface area (Å²) in [6.45, 7) is 5.13. The molecule has 1 saturated heterocycles. The standard InChI is InChI=1S/C26H33ClFN4O8P/c1-14(2)37-23(35)15(3)12-41(36,40-17-8-6-5-7-9-17)39-16(4)19-20(33)26(27,13-28)24(38-19)32-11-10-18-21(32)30-25(29)31-22(18)34/h5-11,14-16,19-20,24,33H,12-13H2,1-4H3,(H3,29,30,31,34)/t15-,16+,19-,20+,24-,26?,41?/m1/s1. The number of hydrogen-bond acceptors (Lipinski definition) is 10. The summed E-state index contributed by atoms with van der Waals surface area (Å²) >= 11 is 6.62. The zero-order chi connectivity index (χ0) is 30.1. The molecule has 15 heteroatoms. The first-order valence-electron chi connectivity index (χ1n) is 13.0. The number of rotatable bonds is 11. The quantitative estimate of drug-likeness (QED) is 0.164. The maximum absolute atomic E-state index is 14.5. The average Bonchev–Trinajstić information content (AvgIpc) is 3.42. The third kappa shape index (κ3) is 6.44. The minimum atomic E-state index is -4.12. The highest BCUT2D eigenvalue weighted by Gasteiger charge is 2.59. The molecule has 4 N–H and O–H groups in total. The number of aliphatic hydroxyl groups excluding tert-OH is 1. The van der Waals surface area contributed by atoms with Gasteiger partial charge in [-0.15, -0.1) is 11.6 Å². The molecule has 224 valence electrons. The Balaban J connectivity index is 1.63. The predicted octanol–water partition coefficient (Wildman–Crippen LogP) is 3.78. The maximum atomic E-state index is 14.5. The van der Waals surface area contributed by atoms with E-state index in [0.29, 0.717) is 0 Å². The van der Waals surface area contributed by atoms with Gasteiger partial charge in [0.05, 0.1) is 29.7 Å². The van der Waals surface area contributed by atoms with Crippen LogP contribution in [0.4, 0.5) is 10.3 Å². The number of benzene rings is 1. The summed E-state index contributed by atoms with van der Waals surface area (Å²) in [6, 6.07) is 9.65. The number of fused-ring (bicyclic) bond motifs is 1. The number of aliphatic hydroxyl groups is 1. The van der Waals surface area contributed by atoms with Crippen molar-refractivity contribution in [2.45, 2.75) is 63.2 Å². The second-order valence-electron chi connectivity index (χ2n) is 10.3. The maximum Gasteiger partial charge on any atom is 0.380 e. The van der Waals surface area contributed by atoms with Gasteiger partial charge in [0.15, 0.2) is 11.9 Å². The molecular formula is C26H33ClFN4O8P. The summed E-state index contributed by atoms with van der Waals surface area (Å²) in [5.41, 5.74) is 5.24. The Bertz CT molecular complexity index is 1490. The zero-order valence-corrected chi connectivity index (χ0v) is 24.5. The summed E-state index contributed by atoms with van der Waals surface area (Å²) in [7, 11) is -4.12. The number of halogens is 2. The van der Waals surface area contributed by atoms with Gasteiger partial charge in [-0.05, 0) is 39.0 Å². The molecule has 0 spiro atoms. The number of aromatic amines is 1. The van der Waals surface area contributed by atoms with Gasteiger partial charge < -0.3 is 29.4 Å². The SMILES string of the molecule is CC(C)OC(=O)[C@H](C)CP(=O)(Oc1ccccc1)O[C@@H](C)[C@H]1O[C@@H](n2ccc3c(=O)[nH]c(N)nc32)C(Cl)(CF)[C@H]1O. The van der Waals surface area contributed by atoms with Crippen molar-refractivity contribution < 1.29 is 37.4 Å². The number of nitrogens with one attached hydrogen (secondary N) is 1. The monoisotopic (exact) mass is 614 g/mol. The number of ether oxygens (including phenoxy) is 2. The highest BCUT2D eigenvalue weighted by Crippen LogP contribution is 2.54. The van der Waals surface area contributed by atoms with Crippen LogP contribution in [0.1, 0.15) is 33.9 Å². The van der Waals surface area contributed by atoms with E-state index in [2.05, 4.69) is 9.97 Å². The lowest BCUT2D eigenvalue weighted by Crippen LogP contribution is -2.46. The smallest absolute Gasteiger partial charge is 0.380 e. The van der Waals surface area contributed by atoms with Crippen LogP contribution in [0.5, 0.6) is 5.75 Å². The Morgan fingerprint density at radius 1 is 1.29 bits per heavy atom. The van der Waals surface area contributed by atoms with Gasteiger partial charge in [0.2, 0.25) is 5.95 Å². The van der Waals surface area contributed by atoms with E-state index in [9.17, 15) is 23.7 Å². The topological polar surface area (TPSA) is 168 Å². The van der Waals surface area contributed by atoms with E-state index in [0.717, 1.165) is 0 Å². The van der Waals surface area contributed by atoms with Gasteiger partial charge >= 0.3 is 13.6 Å². The minimum Gasteiger partial charge on any atom is -0.463 e. The number of nitrogen functional groups attached to an aromatic ring is 1. The summed E-state index contributed by atoms with van der Waals surface area (Å²) in [6.07, 6.45) is -4.84. The lowest BCUT2D eigenvalue weighted by atomic mass is 9.97. The fourth-order valence-corrected chi connectivity index (χ4v) is 7.00. The largest absolute Gasteiger partial charge is 0.463 e. The molecule has 2 unspecified atom stereocenters. The predicted molar refractivity (Wildman–Crippen MR) is 150 cm³/mol. The second kappa shape index (κ2) is 12.1. The molecule has 0 radical (unpaired) electrons. The van der Waals surface area contributed by atoms with E-state index >= 15 is 0 Å². The molecule has 0 saturated carbocycles. The van der Waals surface area contributed by atoms with E-state index in [1.54, 1.807) is 44.2 Å². The molecule has 0 bridgehead atoms. The number of nitrogens with two attached hydrogens (primary N) is 1. The van der Waals surface area contributed by atoms with E-state index < -0.39 is 61.1 Å². The van der Waals surface area contributed by atoms with E-state index in [4.69, 9.17) is 35.9 Å². The number of carbonyl (C=O) groups is 1. The first-order chi connectivity index (χ1) is 19.3. The summed E-state index contributed by atoms with van der Waals surface area (Å²) in [5, 5.41) is 11.3. The molecule has 0 aliphatic carbocycles. The third-order valence-corrected chi connectivity index (χ3v) is 9.23. The molecule has 1 aliphatic rings. The molecule has 1 aliphatic heterocycles. The molecule has 0 amide bonds. The number of hydrogen-bond donors (Lipinski definition) is 3. The van der Waals surface area contributed by atoms with Crippen LogP contribution >= 0.6 is 19.2 Å². The van der Waals surface area contributed by atoms with Crippen molar-refractivity contribution in [3.05, 3.63) is 52.9 Å². The zero-order valence-electron chi connectivity index (χ0n) is 22.9. The summed E-state index contributed by atoms with van der Waals surface area (Å²) < 4.78 is 52.8. The molecule has 3 heterocycles. The van der Waals surface area contributed by atoms with Crippen LogP contribution in [0.15, 0.2) is 47.4 Å². The molecule has 4 rings (SSSR count). The van der Waals surface area contributed by atoms with Crippen molar-refractivity contribution in [1.29, 1.82) is 0 Å². The van der Waals surface area contributed by atoms with Crippen LogP contribution in [-0.2, 0) is 23.4 Å². The molecule has 7 atom stereocenters. The van der Waals surface area contributed by atoms with Crippen LogP contribution in [-0.4, -0.2) is 67.7 Å². The summed E-state index contributed by atoms with van der Waals surface area (Å²) in [5.74, 6) is -1.43. The van der Waals surface area contributed by atoms with Crippen molar-refractivity contribution in [3.63, 3.8) is 0 Å². The fraction of sp³-hybridized carbons (Fsp3) is 0.500. The van der Waals surface area contributed by atoms with Gasteiger partial charge in [-0.2, -0.15) is 4.98 Å². The Morgan fingerprint density at radius 3 is 2.61 bits per heavy atom. The van der Waals surface area contributed by atoms with Crippen molar-refractivity contribution in [2.24, 2.45) is 5.92 Å². The van der Waals surface area contributed by atoms with Gasteiger partial charge in [-0.1, -0.05) is 25.1 Å². The molecule has 3 aromatic rings. The normalized spacial score (nSPS) is 25.6. The molecule has 1 aromatic carbocycles. The van der Waals surface area contributed by atoms with Gasteiger partial charge in [-0.25, -0.2) is 8.96 Å². The third-order valence-electron chi connectivity index (χ3n) is 6.59. The molecule has 12 nitrogen and oxygen atoms in total. The van der Waals surface area contributed by atoms with Gasteiger partial charge in [-0.3, -0.25) is 19.1 Å². The first-order valence-corrected chi connectivity index (χ1v) is 15.1. The molecule has 2 aromatic heterocycles. The minimum absolute atomic E-state index is 0.0618. The Morgan fingerprint density at radius 2 is 1.98 bits per heavy atom. The lowest BCUT2D eigenvalue weighted by Gasteiger charge is -2.29. The van der Waals surface area contributed by atoms with Crippen LogP contribution in [0.3, 0.4) is 0 Å². The fourth-order valence-electron chi connectivity index (χ4n) is 4.63. The van der Waals surface area contributed by atoms with E-state index in [1.807, 2.05) is 0 Å². The molecule has 41 heavy (non-hydrogen) atoms. The van der Waals surface area contributed by atoms with Crippen LogP contribution in [0, 0.1) is 5.92 Å². The Labute approximate surface area is 240 Å².